The second-order valence-corrected chi connectivity index (χ2v) is 5.80. The highest BCUT2D eigenvalue weighted by molar-refractivity contribution is 6.35. The Hall–Kier alpha value is -2.83. The molecule has 0 saturated heterocycles. The Kier molecular flexibility index (Phi) is 4.71. The zero-order valence-electron chi connectivity index (χ0n) is 12.6. The third-order valence-corrected chi connectivity index (χ3v) is 3.64. The van der Waals surface area contributed by atoms with Gasteiger partial charge in [0.2, 0.25) is 0 Å². The lowest BCUT2D eigenvalue weighted by molar-refractivity contribution is -0.141. The van der Waals surface area contributed by atoms with Gasteiger partial charge in [0.25, 0.3) is 0 Å². The molecule has 3 aromatic heterocycles. The Morgan fingerprint density at radius 1 is 1.19 bits per heavy atom. The van der Waals surface area contributed by atoms with Gasteiger partial charge in [0.05, 0.1) is 33.7 Å². The molecule has 0 spiro atoms. The summed E-state index contributed by atoms with van der Waals surface area (Å²) in [5.41, 5.74) is -0.872. The molecule has 0 atom stereocenters. The van der Waals surface area contributed by atoms with Gasteiger partial charge in [-0.2, -0.15) is 23.5 Å². The Bertz CT molecular complexity index is 1010. The Morgan fingerprint density at radius 2 is 1.96 bits per heavy atom. The summed E-state index contributed by atoms with van der Waals surface area (Å²) >= 11 is 11.8. The Balaban J connectivity index is 1.93. The number of hydrogen-bond acceptors (Lipinski definition) is 5. The number of nitriles is 1. The number of pyridine rings is 2. The number of anilines is 2. The normalized spacial score (nSPS) is 11.2. The van der Waals surface area contributed by atoms with E-state index in [1.807, 2.05) is 0 Å². The Labute approximate surface area is 154 Å². The van der Waals surface area contributed by atoms with Gasteiger partial charge in [0, 0.05) is 6.20 Å². The number of alkyl halides is 3. The van der Waals surface area contributed by atoms with Crippen molar-refractivity contribution in [3.05, 3.63) is 58.1 Å². The minimum Gasteiger partial charge on any atom is -0.337 e. The number of aromatic nitrogens is 4. The molecule has 132 valence electrons. The number of nitrogens with one attached hydrogen (secondary N) is 1. The molecule has 3 heterocycles. The van der Waals surface area contributed by atoms with E-state index in [1.165, 1.54) is 29.3 Å². The van der Waals surface area contributed by atoms with Crippen LogP contribution in [0, 0.1) is 11.3 Å². The summed E-state index contributed by atoms with van der Waals surface area (Å²) in [4.78, 5) is 7.51. The molecule has 0 aliphatic rings. The quantitative estimate of drug-likeness (QED) is 0.696. The zero-order chi connectivity index (χ0) is 18.9. The Morgan fingerprint density at radius 3 is 2.62 bits per heavy atom. The van der Waals surface area contributed by atoms with Crippen molar-refractivity contribution in [2.24, 2.45) is 0 Å². The number of nitrogens with zero attached hydrogens (tertiary/aromatic N) is 5. The van der Waals surface area contributed by atoms with E-state index < -0.39 is 11.9 Å². The molecule has 0 radical (unpaired) electrons. The standard InChI is InChI=1S/C15H7Cl2F3N6/c16-9-3-11(17)14(22-5-9)26-7-10(6-23-26)24-13-8(4-21)1-2-12(25-13)15(18,19)20/h1-3,5-7H,(H,24,25). The number of halogens is 5. The van der Waals surface area contributed by atoms with Crippen LogP contribution in [0.15, 0.2) is 36.8 Å². The zero-order valence-corrected chi connectivity index (χ0v) is 14.1. The van der Waals surface area contributed by atoms with Gasteiger partial charge in [0.15, 0.2) is 5.82 Å². The maximum Gasteiger partial charge on any atom is 0.433 e. The summed E-state index contributed by atoms with van der Waals surface area (Å²) in [5, 5.41) is 16.3. The molecule has 3 aromatic rings. The van der Waals surface area contributed by atoms with Crippen LogP contribution in [0.3, 0.4) is 0 Å². The van der Waals surface area contributed by atoms with Gasteiger partial charge in [0.1, 0.15) is 17.6 Å². The lowest BCUT2D eigenvalue weighted by atomic mass is 10.2. The van der Waals surface area contributed by atoms with Crippen LogP contribution in [0.2, 0.25) is 10.0 Å². The van der Waals surface area contributed by atoms with Gasteiger partial charge < -0.3 is 5.32 Å². The van der Waals surface area contributed by atoms with Crippen molar-refractivity contribution >= 4 is 34.7 Å². The highest BCUT2D eigenvalue weighted by atomic mass is 35.5. The average Bonchev–Trinajstić information content (AvgIpc) is 3.02. The minimum absolute atomic E-state index is 0.0478. The average molecular weight is 399 g/mol. The summed E-state index contributed by atoms with van der Waals surface area (Å²) < 4.78 is 39.8. The molecule has 0 aliphatic carbocycles. The van der Waals surface area contributed by atoms with Crippen LogP contribution in [-0.4, -0.2) is 19.7 Å². The molecule has 0 aromatic carbocycles. The summed E-state index contributed by atoms with van der Waals surface area (Å²) in [5.74, 6) is 0.0404. The third-order valence-electron chi connectivity index (χ3n) is 3.16. The van der Waals surface area contributed by atoms with Gasteiger partial charge in [-0.05, 0) is 18.2 Å². The molecule has 0 saturated carbocycles. The fraction of sp³-hybridized carbons (Fsp3) is 0.0667. The van der Waals surface area contributed by atoms with E-state index in [9.17, 15) is 13.2 Å². The van der Waals surface area contributed by atoms with Crippen molar-refractivity contribution in [1.29, 1.82) is 5.26 Å². The SMILES string of the molecule is N#Cc1ccc(C(F)(F)F)nc1Nc1cnn(-c2ncc(Cl)cc2Cl)c1. The topological polar surface area (TPSA) is 79.4 Å². The highest BCUT2D eigenvalue weighted by Gasteiger charge is 2.33. The van der Waals surface area contributed by atoms with Crippen LogP contribution in [0.25, 0.3) is 5.82 Å². The molecule has 0 fully saturated rings. The summed E-state index contributed by atoms with van der Waals surface area (Å²) in [6, 6.07) is 5.04. The molecule has 6 nitrogen and oxygen atoms in total. The van der Waals surface area contributed by atoms with Crippen molar-refractivity contribution in [3.8, 4) is 11.9 Å². The van der Waals surface area contributed by atoms with Crippen LogP contribution < -0.4 is 5.32 Å². The van der Waals surface area contributed by atoms with E-state index in [4.69, 9.17) is 28.5 Å². The lowest BCUT2D eigenvalue weighted by Crippen LogP contribution is -2.10. The van der Waals surface area contributed by atoms with E-state index in [0.717, 1.165) is 12.1 Å². The second kappa shape index (κ2) is 6.82. The van der Waals surface area contributed by atoms with Crippen LogP contribution in [-0.2, 0) is 6.18 Å². The third kappa shape index (κ3) is 3.71. The second-order valence-electron chi connectivity index (χ2n) is 4.96. The molecular weight excluding hydrogens is 392 g/mol. The fourth-order valence-corrected chi connectivity index (χ4v) is 2.49. The van der Waals surface area contributed by atoms with Crippen molar-refractivity contribution in [3.63, 3.8) is 0 Å². The molecule has 0 bridgehead atoms. The van der Waals surface area contributed by atoms with Gasteiger partial charge in [-0.1, -0.05) is 23.2 Å². The first-order valence-electron chi connectivity index (χ1n) is 6.89. The molecule has 0 amide bonds. The summed E-state index contributed by atoms with van der Waals surface area (Å²) in [7, 11) is 0. The maximum atomic E-state index is 12.8. The van der Waals surface area contributed by atoms with Crippen LogP contribution in [0.1, 0.15) is 11.3 Å². The van der Waals surface area contributed by atoms with E-state index >= 15 is 0 Å². The molecule has 26 heavy (non-hydrogen) atoms. The smallest absolute Gasteiger partial charge is 0.337 e. The van der Waals surface area contributed by atoms with E-state index in [1.54, 1.807) is 6.07 Å². The first-order chi connectivity index (χ1) is 12.3. The fourth-order valence-electron chi connectivity index (χ4n) is 2.02. The molecule has 0 unspecified atom stereocenters. The lowest BCUT2D eigenvalue weighted by Gasteiger charge is -2.10. The number of hydrogen-bond donors (Lipinski definition) is 1. The van der Waals surface area contributed by atoms with Crippen molar-refractivity contribution < 1.29 is 13.2 Å². The van der Waals surface area contributed by atoms with Gasteiger partial charge in [-0.3, -0.25) is 0 Å². The van der Waals surface area contributed by atoms with E-state index in [0.29, 0.717) is 10.7 Å². The molecule has 1 N–H and O–H groups in total. The number of rotatable bonds is 3. The van der Waals surface area contributed by atoms with Gasteiger partial charge in [-0.15, -0.1) is 0 Å². The van der Waals surface area contributed by atoms with Crippen LogP contribution in [0.5, 0.6) is 0 Å². The molecule has 11 heteroatoms. The summed E-state index contributed by atoms with van der Waals surface area (Å²) in [6.07, 6.45) is -0.490. The molecule has 0 aliphatic heterocycles. The first kappa shape index (κ1) is 18.0. The van der Waals surface area contributed by atoms with E-state index in [-0.39, 0.29) is 22.2 Å². The highest BCUT2D eigenvalue weighted by Crippen LogP contribution is 2.30. The van der Waals surface area contributed by atoms with Crippen molar-refractivity contribution in [1.82, 2.24) is 19.7 Å². The van der Waals surface area contributed by atoms with E-state index in [2.05, 4.69) is 20.4 Å². The van der Waals surface area contributed by atoms with Crippen LogP contribution in [0.4, 0.5) is 24.7 Å². The van der Waals surface area contributed by atoms with Gasteiger partial charge >= 0.3 is 6.18 Å². The minimum atomic E-state index is -4.63. The van der Waals surface area contributed by atoms with Gasteiger partial charge in [-0.25, -0.2) is 14.6 Å². The first-order valence-corrected chi connectivity index (χ1v) is 7.65. The summed E-state index contributed by atoms with van der Waals surface area (Å²) in [6.45, 7) is 0. The largest absolute Gasteiger partial charge is 0.433 e. The monoisotopic (exact) mass is 398 g/mol. The maximum absolute atomic E-state index is 12.8. The van der Waals surface area contributed by atoms with Crippen LogP contribution >= 0.6 is 23.2 Å². The predicted octanol–water partition coefficient (Wildman–Crippen LogP) is 4.60. The predicted molar refractivity (Wildman–Crippen MR) is 88.6 cm³/mol. The van der Waals surface area contributed by atoms with Crippen molar-refractivity contribution in [2.75, 3.05) is 5.32 Å². The molecule has 3 rings (SSSR count). The molecular formula is C15H7Cl2F3N6. The van der Waals surface area contributed by atoms with Crippen molar-refractivity contribution in [2.45, 2.75) is 6.18 Å².